The van der Waals surface area contributed by atoms with Gasteiger partial charge in [0, 0.05) is 10.2 Å². The highest BCUT2D eigenvalue weighted by molar-refractivity contribution is 9.10. The third-order valence-corrected chi connectivity index (χ3v) is 2.20. The second kappa shape index (κ2) is 5.50. The first-order valence-corrected chi connectivity index (χ1v) is 5.30. The van der Waals surface area contributed by atoms with Gasteiger partial charge in [0.15, 0.2) is 0 Å². The van der Waals surface area contributed by atoms with Crippen molar-refractivity contribution in [2.24, 2.45) is 5.73 Å². The molecule has 5 nitrogen and oxygen atoms in total. The average molecular weight is 287 g/mol. The summed E-state index contributed by atoms with van der Waals surface area (Å²) in [4.78, 5) is 21.9. The van der Waals surface area contributed by atoms with Crippen LogP contribution in [-0.4, -0.2) is 18.5 Å². The van der Waals surface area contributed by atoms with E-state index < -0.39 is 11.9 Å². The molecular formula is C10H11BrN2O3. The predicted octanol–water partition coefficient (Wildman–Crippen LogP) is 1.06. The number of hydrogen-bond donors (Lipinski definition) is 2. The molecule has 1 amide bonds. The summed E-state index contributed by atoms with van der Waals surface area (Å²) in [5.74, 6) is -1.05. The molecule has 0 unspecified atom stereocenters. The second-order valence-electron chi connectivity index (χ2n) is 3.13. The molecule has 16 heavy (non-hydrogen) atoms. The van der Waals surface area contributed by atoms with E-state index in [-0.39, 0.29) is 13.0 Å². The molecule has 0 aromatic heterocycles. The summed E-state index contributed by atoms with van der Waals surface area (Å²) in [6, 6.07) is 4.75. The van der Waals surface area contributed by atoms with Crippen molar-refractivity contribution in [3.63, 3.8) is 0 Å². The standard InChI is InChI=1S/C10H11BrN2O3/c11-7-3-6(4-8(12)5-7)10(15)16-2-1-9(13)14/h3-5H,1-2,12H2,(H2,13,14). The number of esters is 1. The fourth-order valence-corrected chi connectivity index (χ4v) is 1.57. The van der Waals surface area contributed by atoms with Crippen molar-refractivity contribution < 1.29 is 14.3 Å². The SMILES string of the molecule is NC(=O)CCOC(=O)c1cc(N)cc(Br)c1. The smallest absolute Gasteiger partial charge is 0.338 e. The van der Waals surface area contributed by atoms with Gasteiger partial charge in [0.25, 0.3) is 0 Å². The number of hydrogen-bond acceptors (Lipinski definition) is 4. The van der Waals surface area contributed by atoms with Crippen molar-refractivity contribution in [2.75, 3.05) is 12.3 Å². The fraction of sp³-hybridized carbons (Fsp3) is 0.200. The molecule has 1 rings (SSSR count). The maximum atomic E-state index is 11.5. The number of carbonyl (C=O) groups excluding carboxylic acids is 2. The highest BCUT2D eigenvalue weighted by Crippen LogP contribution is 2.17. The average Bonchev–Trinajstić information content (AvgIpc) is 2.15. The Kier molecular flexibility index (Phi) is 4.30. The van der Waals surface area contributed by atoms with Crippen molar-refractivity contribution in [1.29, 1.82) is 0 Å². The van der Waals surface area contributed by atoms with Crippen LogP contribution in [0.4, 0.5) is 5.69 Å². The van der Waals surface area contributed by atoms with E-state index in [1.165, 1.54) is 6.07 Å². The molecule has 6 heteroatoms. The summed E-state index contributed by atoms with van der Waals surface area (Å²) in [5, 5.41) is 0. The molecule has 4 N–H and O–H groups in total. The highest BCUT2D eigenvalue weighted by atomic mass is 79.9. The van der Waals surface area contributed by atoms with Crippen molar-refractivity contribution in [3.05, 3.63) is 28.2 Å². The first-order chi connectivity index (χ1) is 7.49. The van der Waals surface area contributed by atoms with E-state index >= 15 is 0 Å². The molecule has 0 aliphatic carbocycles. The fourth-order valence-electron chi connectivity index (χ4n) is 1.06. The minimum absolute atomic E-state index is 0.00915. The largest absolute Gasteiger partial charge is 0.462 e. The zero-order chi connectivity index (χ0) is 12.1. The van der Waals surface area contributed by atoms with Gasteiger partial charge < -0.3 is 16.2 Å². The molecule has 0 radical (unpaired) electrons. The minimum atomic E-state index is -0.533. The Morgan fingerprint density at radius 3 is 2.56 bits per heavy atom. The number of primary amides is 1. The number of rotatable bonds is 4. The van der Waals surface area contributed by atoms with Gasteiger partial charge >= 0.3 is 5.97 Å². The zero-order valence-electron chi connectivity index (χ0n) is 8.40. The van der Waals surface area contributed by atoms with Crippen molar-refractivity contribution in [3.8, 4) is 0 Å². The lowest BCUT2D eigenvalue weighted by Gasteiger charge is -2.04. The van der Waals surface area contributed by atoms with Crippen LogP contribution in [0.5, 0.6) is 0 Å². The third-order valence-electron chi connectivity index (χ3n) is 1.74. The van der Waals surface area contributed by atoms with Gasteiger partial charge in [0.1, 0.15) is 6.61 Å². The van der Waals surface area contributed by atoms with Crippen molar-refractivity contribution in [2.45, 2.75) is 6.42 Å². The molecule has 0 saturated heterocycles. The van der Waals surface area contributed by atoms with Crippen LogP contribution >= 0.6 is 15.9 Å². The van der Waals surface area contributed by atoms with E-state index in [1.54, 1.807) is 12.1 Å². The molecule has 0 aliphatic rings. The number of nitrogens with two attached hydrogens (primary N) is 2. The van der Waals surface area contributed by atoms with Gasteiger partial charge in [0.2, 0.25) is 5.91 Å². The maximum absolute atomic E-state index is 11.5. The Bertz CT molecular complexity index is 400. The van der Waals surface area contributed by atoms with E-state index in [2.05, 4.69) is 15.9 Å². The highest BCUT2D eigenvalue weighted by Gasteiger charge is 2.09. The monoisotopic (exact) mass is 286 g/mol. The number of ether oxygens (including phenoxy) is 1. The van der Waals surface area contributed by atoms with Crippen LogP contribution in [0, 0.1) is 0 Å². The summed E-state index contributed by atoms with van der Waals surface area (Å²) in [6.07, 6.45) is 0.00915. The number of amides is 1. The molecular weight excluding hydrogens is 276 g/mol. The van der Waals surface area contributed by atoms with Gasteiger partial charge in [-0.2, -0.15) is 0 Å². The summed E-state index contributed by atoms with van der Waals surface area (Å²) in [7, 11) is 0. The van der Waals surface area contributed by atoms with E-state index in [9.17, 15) is 9.59 Å². The third kappa shape index (κ3) is 3.90. The van der Waals surface area contributed by atoms with Crippen LogP contribution in [0.2, 0.25) is 0 Å². The van der Waals surface area contributed by atoms with Crippen LogP contribution in [0.1, 0.15) is 16.8 Å². The Labute approximate surface area is 101 Å². The van der Waals surface area contributed by atoms with E-state index in [1.807, 2.05) is 0 Å². The topological polar surface area (TPSA) is 95.4 Å². The second-order valence-corrected chi connectivity index (χ2v) is 4.04. The zero-order valence-corrected chi connectivity index (χ0v) is 9.99. The Balaban J connectivity index is 2.62. The summed E-state index contributed by atoms with van der Waals surface area (Å²) >= 11 is 3.21. The van der Waals surface area contributed by atoms with E-state index in [4.69, 9.17) is 16.2 Å². The normalized spacial score (nSPS) is 9.81. The first kappa shape index (κ1) is 12.5. The quantitative estimate of drug-likeness (QED) is 0.639. The van der Waals surface area contributed by atoms with Crippen LogP contribution < -0.4 is 11.5 Å². The van der Waals surface area contributed by atoms with Gasteiger partial charge in [-0.15, -0.1) is 0 Å². The van der Waals surface area contributed by atoms with Gasteiger partial charge in [-0.1, -0.05) is 15.9 Å². The summed E-state index contributed by atoms with van der Waals surface area (Å²) in [5.41, 5.74) is 11.3. The molecule has 0 bridgehead atoms. The lowest BCUT2D eigenvalue weighted by atomic mass is 10.2. The summed E-state index contributed by atoms with van der Waals surface area (Å²) in [6.45, 7) is -0.0272. The molecule has 0 saturated carbocycles. The van der Waals surface area contributed by atoms with Gasteiger partial charge in [0.05, 0.1) is 12.0 Å². The Morgan fingerprint density at radius 2 is 2.00 bits per heavy atom. The van der Waals surface area contributed by atoms with Crippen molar-refractivity contribution in [1.82, 2.24) is 0 Å². The van der Waals surface area contributed by atoms with Crippen LogP contribution in [0.15, 0.2) is 22.7 Å². The molecule has 0 spiro atoms. The molecule has 0 aliphatic heterocycles. The number of carbonyl (C=O) groups is 2. The number of anilines is 1. The predicted molar refractivity (Wildman–Crippen MR) is 62.6 cm³/mol. The maximum Gasteiger partial charge on any atom is 0.338 e. The minimum Gasteiger partial charge on any atom is -0.462 e. The molecule has 0 atom stereocenters. The van der Waals surface area contributed by atoms with Gasteiger partial charge in [-0.3, -0.25) is 4.79 Å². The molecule has 1 aromatic rings. The van der Waals surface area contributed by atoms with Crippen LogP contribution in [0.25, 0.3) is 0 Å². The number of halogens is 1. The first-order valence-electron chi connectivity index (χ1n) is 4.50. The molecule has 86 valence electrons. The molecule has 0 fully saturated rings. The number of nitrogen functional groups attached to an aromatic ring is 1. The Morgan fingerprint density at radius 1 is 1.31 bits per heavy atom. The lowest BCUT2D eigenvalue weighted by molar-refractivity contribution is -0.118. The van der Waals surface area contributed by atoms with Gasteiger partial charge in [-0.25, -0.2) is 4.79 Å². The summed E-state index contributed by atoms with van der Waals surface area (Å²) < 4.78 is 5.52. The number of benzene rings is 1. The van der Waals surface area contributed by atoms with Crippen LogP contribution in [0.3, 0.4) is 0 Å². The van der Waals surface area contributed by atoms with E-state index in [0.29, 0.717) is 15.7 Å². The van der Waals surface area contributed by atoms with E-state index in [0.717, 1.165) is 0 Å². The van der Waals surface area contributed by atoms with Crippen molar-refractivity contribution >= 4 is 33.5 Å². The lowest BCUT2D eigenvalue weighted by Crippen LogP contribution is -2.15. The Hall–Kier alpha value is -1.56. The molecule has 0 heterocycles. The van der Waals surface area contributed by atoms with Gasteiger partial charge in [-0.05, 0) is 18.2 Å². The van der Waals surface area contributed by atoms with Crippen LogP contribution in [-0.2, 0) is 9.53 Å². The molecule has 1 aromatic carbocycles.